The van der Waals surface area contributed by atoms with Gasteiger partial charge in [-0.05, 0) is 5.53 Å². The Morgan fingerprint density at radius 3 is 1.52 bits per heavy atom. The second-order valence-corrected chi connectivity index (χ2v) is 9.52. The molecule has 2 saturated heterocycles. The van der Waals surface area contributed by atoms with Crippen LogP contribution in [0.25, 0.3) is 10.4 Å². The van der Waals surface area contributed by atoms with Crippen LogP contribution in [0, 0.1) is 0 Å². The summed E-state index contributed by atoms with van der Waals surface area (Å²) in [5.74, 6) is -4.77. The van der Waals surface area contributed by atoms with Gasteiger partial charge in [-0.2, -0.15) is 0 Å². The number of azide groups is 1. The number of hydrogen-bond acceptors (Lipinski definition) is 17. The number of ether oxygens (including phenoxy) is 10. The molecule has 2 rings (SSSR count). The minimum Gasteiger partial charge on any atom is -0.463 e. The molecular formula is C25H35N3O16. The third kappa shape index (κ3) is 10.3. The van der Waals surface area contributed by atoms with E-state index in [1.165, 1.54) is 7.11 Å². The summed E-state index contributed by atoms with van der Waals surface area (Å²) in [4.78, 5) is 74.0. The van der Waals surface area contributed by atoms with Crippen molar-refractivity contribution in [2.45, 2.75) is 103 Å². The monoisotopic (exact) mass is 633 g/mol. The molecule has 2 aliphatic rings. The first-order valence-corrected chi connectivity index (χ1v) is 13.2. The van der Waals surface area contributed by atoms with E-state index in [9.17, 15) is 34.3 Å². The molecule has 0 unspecified atom stereocenters. The predicted molar refractivity (Wildman–Crippen MR) is 138 cm³/mol. The van der Waals surface area contributed by atoms with E-state index in [-0.39, 0.29) is 0 Å². The summed E-state index contributed by atoms with van der Waals surface area (Å²) in [6.45, 7) is 5.47. The molecule has 44 heavy (non-hydrogen) atoms. The highest BCUT2D eigenvalue weighted by Crippen LogP contribution is 2.33. The van der Waals surface area contributed by atoms with Crippen LogP contribution in [0.15, 0.2) is 5.11 Å². The number of rotatable bonds is 12. The number of esters is 6. The molecule has 19 heteroatoms. The lowest BCUT2D eigenvalue weighted by atomic mass is 9.96. The first kappa shape index (κ1) is 36.2. The van der Waals surface area contributed by atoms with Crippen molar-refractivity contribution in [3.63, 3.8) is 0 Å². The van der Waals surface area contributed by atoms with Crippen molar-refractivity contribution in [3.8, 4) is 0 Å². The molecule has 10 atom stereocenters. The molecule has 0 N–H and O–H groups in total. The van der Waals surface area contributed by atoms with Gasteiger partial charge in [0, 0.05) is 53.6 Å². The summed E-state index contributed by atoms with van der Waals surface area (Å²) in [5.41, 5.74) is 9.28. The van der Waals surface area contributed by atoms with E-state index in [0.29, 0.717) is 0 Å². The fourth-order valence-electron chi connectivity index (χ4n) is 4.57. The van der Waals surface area contributed by atoms with Crippen molar-refractivity contribution < 1.29 is 76.1 Å². The highest BCUT2D eigenvalue weighted by atomic mass is 16.7. The number of hydrogen-bond donors (Lipinski definition) is 0. The molecule has 0 saturated carbocycles. The van der Waals surface area contributed by atoms with Gasteiger partial charge in [-0.1, -0.05) is 5.11 Å². The van der Waals surface area contributed by atoms with E-state index in [4.69, 9.17) is 47.4 Å². The van der Waals surface area contributed by atoms with E-state index in [2.05, 4.69) is 10.0 Å². The van der Waals surface area contributed by atoms with Crippen molar-refractivity contribution in [3.05, 3.63) is 10.4 Å². The largest absolute Gasteiger partial charge is 0.463 e. The van der Waals surface area contributed by atoms with Gasteiger partial charge < -0.3 is 47.4 Å². The molecule has 19 nitrogen and oxygen atoms in total. The maximum atomic E-state index is 12.0. The van der Waals surface area contributed by atoms with Crippen LogP contribution in [0.4, 0.5) is 0 Å². The van der Waals surface area contributed by atoms with Crippen molar-refractivity contribution in [2.75, 3.05) is 20.3 Å². The van der Waals surface area contributed by atoms with Gasteiger partial charge in [0.1, 0.15) is 24.9 Å². The minimum absolute atomic E-state index is 0.492. The third-order valence-electron chi connectivity index (χ3n) is 6.01. The van der Waals surface area contributed by atoms with Crippen molar-refractivity contribution in [1.82, 2.24) is 0 Å². The number of methoxy groups -OCH3 is 1. The standard InChI is InChI=1S/C25H35N3O16/c1-10(29)36-8-16-19(38-11(2)30)21(40-13(4)32)18(27-28-26)24(43-16)37-9-17-20(39-12(3)31)22(41-14(5)33)23(42-15(6)34)25(35-7)44-17/h16-25H,8-9H2,1-7H3/t16-,17-,18-,19-,20-,21-,22+,23-,24+,25+/m1/s1. The Morgan fingerprint density at radius 2 is 1.05 bits per heavy atom. The number of carbonyl (C=O) groups is 6. The summed E-state index contributed by atoms with van der Waals surface area (Å²) in [6.07, 6.45) is -12.6. The third-order valence-corrected chi connectivity index (χ3v) is 6.01. The smallest absolute Gasteiger partial charge is 0.303 e. The summed E-state index contributed by atoms with van der Waals surface area (Å²) in [7, 11) is 1.22. The summed E-state index contributed by atoms with van der Waals surface area (Å²) in [5, 5.41) is 3.62. The van der Waals surface area contributed by atoms with Gasteiger partial charge in [-0.3, -0.25) is 28.8 Å². The Balaban J connectivity index is 2.49. The van der Waals surface area contributed by atoms with Crippen molar-refractivity contribution in [2.24, 2.45) is 5.11 Å². The molecule has 0 aliphatic carbocycles. The van der Waals surface area contributed by atoms with Crippen LogP contribution in [0.3, 0.4) is 0 Å². The Hall–Kier alpha value is -4.03. The minimum atomic E-state index is -1.57. The van der Waals surface area contributed by atoms with Crippen LogP contribution < -0.4 is 0 Å². The van der Waals surface area contributed by atoms with Crippen LogP contribution in [0.2, 0.25) is 0 Å². The molecule has 0 aromatic heterocycles. The predicted octanol–water partition coefficient (Wildman–Crippen LogP) is -0.000300. The van der Waals surface area contributed by atoms with E-state index in [0.717, 1.165) is 41.5 Å². The van der Waals surface area contributed by atoms with Gasteiger partial charge >= 0.3 is 35.8 Å². The lowest BCUT2D eigenvalue weighted by molar-refractivity contribution is -0.319. The van der Waals surface area contributed by atoms with Gasteiger partial charge in [0.25, 0.3) is 0 Å². The van der Waals surface area contributed by atoms with Crippen LogP contribution in [-0.2, 0) is 76.1 Å². The zero-order valence-corrected chi connectivity index (χ0v) is 25.1. The fraction of sp³-hybridized carbons (Fsp3) is 0.760. The second kappa shape index (κ2) is 16.7. The van der Waals surface area contributed by atoms with E-state index >= 15 is 0 Å². The van der Waals surface area contributed by atoms with Crippen molar-refractivity contribution in [1.29, 1.82) is 0 Å². The average molecular weight is 634 g/mol. The number of carbonyl (C=O) groups excluding carboxylic acids is 6. The molecule has 0 bridgehead atoms. The molecule has 2 fully saturated rings. The van der Waals surface area contributed by atoms with Crippen LogP contribution in [-0.4, -0.2) is 117 Å². The summed E-state index contributed by atoms with van der Waals surface area (Å²) in [6, 6.07) is -1.48. The number of nitrogens with zero attached hydrogens (tertiary/aromatic N) is 3. The first-order valence-electron chi connectivity index (χ1n) is 13.2. The molecule has 0 spiro atoms. The fourth-order valence-corrected chi connectivity index (χ4v) is 4.57. The molecular weight excluding hydrogens is 598 g/mol. The maximum absolute atomic E-state index is 12.0. The topological polar surface area (TPSA) is 243 Å². The second-order valence-electron chi connectivity index (χ2n) is 9.52. The van der Waals surface area contributed by atoms with Gasteiger partial charge in [-0.15, -0.1) is 0 Å². The van der Waals surface area contributed by atoms with E-state index in [1.54, 1.807) is 0 Å². The Bertz CT molecular complexity index is 1130. The lowest BCUT2D eigenvalue weighted by Gasteiger charge is -2.45. The van der Waals surface area contributed by atoms with Crippen LogP contribution >= 0.6 is 0 Å². The van der Waals surface area contributed by atoms with E-state index < -0.39 is 110 Å². The van der Waals surface area contributed by atoms with Crippen LogP contribution in [0.1, 0.15) is 41.5 Å². The molecule has 2 aliphatic heterocycles. The maximum Gasteiger partial charge on any atom is 0.303 e. The van der Waals surface area contributed by atoms with Gasteiger partial charge in [0.05, 0.1) is 6.61 Å². The highest BCUT2D eigenvalue weighted by Gasteiger charge is 2.54. The molecule has 246 valence electrons. The Labute approximate surface area is 251 Å². The SMILES string of the molecule is CO[C@H]1O[C@H](CO[C@H]2O[C@H](COC(C)=O)[C@@H](OC(C)=O)[C@H](OC(C)=O)[C@H]2N=[N+]=[N-])[C@@H](OC(C)=O)[C@H](OC(C)=O)[C@H]1OC(C)=O. The summed E-state index contributed by atoms with van der Waals surface area (Å²) >= 11 is 0. The zero-order valence-electron chi connectivity index (χ0n) is 25.1. The first-order chi connectivity index (χ1) is 20.7. The zero-order chi connectivity index (χ0) is 33.1. The van der Waals surface area contributed by atoms with Crippen molar-refractivity contribution >= 4 is 35.8 Å². The molecule has 2 heterocycles. The Morgan fingerprint density at radius 1 is 0.614 bits per heavy atom. The molecule has 0 amide bonds. The van der Waals surface area contributed by atoms with E-state index in [1.807, 2.05) is 0 Å². The van der Waals surface area contributed by atoms with Crippen LogP contribution in [0.5, 0.6) is 0 Å². The molecule has 0 aromatic carbocycles. The lowest BCUT2D eigenvalue weighted by Crippen LogP contribution is -2.64. The highest BCUT2D eigenvalue weighted by molar-refractivity contribution is 5.69. The average Bonchev–Trinajstić information content (AvgIpc) is 2.90. The Kier molecular flexibility index (Phi) is 13.7. The normalized spacial score (nSPS) is 31.3. The molecule has 0 aromatic rings. The van der Waals surface area contributed by atoms with Gasteiger partial charge in [-0.25, -0.2) is 0 Å². The summed E-state index contributed by atoms with van der Waals surface area (Å²) < 4.78 is 54.6. The van der Waals surface area contributed by atoms with Gasteiger partial charge in [0.2, 0.25) is 0 Å². The van der Waals surface area contributed by atoms with Gasteiger partial charge in [0.15, 0.2) is 43.1 Å². The molecule has 0 radical (unpaired) electrons. The quantitative estimate of drug-likeness (QED) is 0.0902.